The lowest BCUT2D eigenvalue weighted by Crippen LogP contribution is -2.62. The van der Waals surface area contributed by atoms with Crippen molar-refractivity contribution in [3.8, 4) is 0 Å². The lowest BCUT2D eigenvalue weighted by molar-refractivity contribution is 0.0501. The van der Waals surface area contributed by atoms with E-state index in [-0.39, 0.29) is 5.91 Å². The average Bonchev–Trinajstić information content (AvgIpc) is 2.40. The fraction of sp³-hybridized carbons (Fsp3) is 0.500. The molecule has 1 amide bonds. The van der Waals surface area contributed by atoms with E-state index in [4.69, 9.17) is 0 Å². The predicted molar refractivity (Wildman–Crippen MR) is 78.2 cm³/mol. The second-order valence-electron chi connectivity index (χ2n) is 5.27. The fourth-order valence-electron chi connectivity index (χ4n) is 2.63. The Morgan fingerprint density at radius 3 is 2.50 bits per heavy atom. The molecule has 2 aliphatic rings. The van der Waals surface area contributed by atoms with Gasteiger partial charge < -0.3 is 10.2 Å². The minimum absolute atomic E-state index is 0.0808. The molecule has 1 aromatic carbocycles. The number of hydrogen-bond acceptors (Lipinski definition) is 3. The first-order valence-electron chi connectivity index (χ1n) is 6.84. The zero-order chi connectivity index (χ0) is 14.1. The lowest BCUT2D eigenvalue weighted by Gasteiger charge is -2.43. The first-order chi connectivity index (χ1) is 9.65. The Balaban J connectivity index is 1.62. The van der Waals surface area contributed by atoms with Gasteiger partial charge in [-0.05, 0) is 34.1 Å². The molecule has 0 spiro atoms. The van der Waals surface area contributed by atoms with Crippen molar-refractivity contribution in [1.82, 2.24) is 15.1 Å². The number of hydrogen-bond donors (Lipinski definition) is 1. The quantitative estimate of drug-likeness (QED) is 0.881. The van der Waals surface area contributed by atoms with Gasteiger partial charge in [-0.15, -0.1) is 0 Å². The molecule has 2 aliphatic heterocycles. The van der Waals surface area contributed by atoms with Crippen LogP contribution in [0.4, 0.5) is 4.39 Å². The van der Waals surface area contributed by atoms with E-state index in [1.165, 1.54) is 6.07 Å². The summed E-state index contributed by atoms with van der Waals surface area (Å²) in [5.41, 5.74) is 0.421. The zero-order valence-corrected chi connectivity index (χ0v) is 12.7. The molecule has 3 rings (SSSR count). The third kappa shape index (κ3) is 2.73. The molecule has 0 radical (unpaired) electrons. The molecular weight excluding hydrogens is 325 g/mol. The van der Waals surface area contributed by atoms with Crippen LogP contribution in [0.15, 0.2) is 22.7 Å². The van der Waals surface area contributed by atoms with E-state index in [0.717, 1.165) is 26.2 Å². The summed E-state index contributed by atoms with van der Waals surface area (Å²) in [4.78, 5) is 16.6. The molecule has 0 bridgehead atoms. The van der Waals surface area contributed by atoms with E-state index in [1.54, 1.807) is 12.1 Å². The van der Waals surface area contributed by atoms with Gasteiger partial charge in [0.25, 0.3) is 5.91 Å². The highest BCUT2D eigenvalue weighted by molar-refractivity contribution is 9.10. The molecular formula is C14H17BrFN3O. The van der Waals surface area contributed by atoms with E-state index in [9.17, 15) is 9.18 Å². The van der Waals surface area contributed by atoms with Gasteiger partial charge in [0.15, 0.2) is 0 Å². The van der Waals surface area contributed by atoms with Crippen LogP contribution in [0.5, 0.6) is 0 Å². The van der Waals surface area contributed by atoms with Crippen molar-refractivity contribution in [2.75, 3.05) is 39.3 Å². The Bertz CT molecular complexity index is 513. The van der Waals surface area contributed by atoms with Crippen LogP contribution >= 0.6 is 15.9 Å². The molecule has 108 valence electrons. The highest BCUT2D eigenvalue weighted by Crippen LogP contribution is 2.18. The monoisotopic (exact) mass is 341 g/mol. The number of amides is 1. The molecule has 0 aromatic heterocycles. The largest absolute Gasteiger partial charge is 0.336 e. The van der Waals surface area contributed by atoms with Crippen LogP contribution in [0.2, 0.25) is 0 Å². The zero-order valence-electron chi connectivity index (χ0n) is 11.1. The van der Waals surface area contributed by atoms with Crippen LogP contribution in [0.1, 0.15) is 10.4 Å². The van der Waals surface area contributed by atoms with Gasteiger partial charge in [0.1, 0.15) is 5.82 Å². The third-order valence-corrected chi connectivity index (χ3v) is 4.69. The summed E-state index contributed by atoms with van der Waals surface area (Å²) in [6.45, 7) is 5.33. The van der Waals surface area contributed by atoms with Gasteiger partial charge in [-0.25, -0.2) is 4.39 Å². The summed E-state index contributed by atoms with van der Waals surface area (Å²) in [6.07, 6.45) is 0. The van der Waals surface area contributed by atoms with Crippen LogP contribution in [-0.2, 0) is 0 Å². The molecule has 1 N–H and O–H groups in total. The topological polar surface area (TPSA) is 35.6 Å². The Morgan fingerprint density at radius 1 is 1.25 bits per heavy atom. The Morgan fingerprint density at radius 2 is 1.95 bits per heavy atom. The van der Waals surface area contributed by atoms with Crippen molar-refractivity contribution in [2.24, 2.45) is 0 Å². The third-order valence-electron chi connectivity index (χ3n) is 4.04. The Kier molecular flexibility index (Phi) is 4.05. The normalized spacial score (nSPS) is 20.8. The molecule has 2 fully saturated rings. The number of piperazine rings is 1. The first kappa shape index (κ1) is 14.0. The standard InChI is InChI=1S/C14H17BrFN3O/c15-12-2-1-10(7-13(12)16)14(20)19-5-3-18(4-6-19)11-8-17-9-11/h1-2,7,11,17H,3-6,8-9H2. The van der Waals surface area contributed by atoms with Crippen molar-refractivity contribution in [3.63, 3.8) is 0 Å². The Hall–Kier alpha value is -0.980. The molecule has 0 saturated carbocycles. The summed E-state index contributed by atoms with van der Waals surface area (Å²) >= 11 is 3.10. The van der Waals surface area contributed by atoms with Gasteiger partial charge in [-0.2, -0.15) is 0 Å². The summed E-state index contributed by atoms with van der Waals surface area (Å²) in [6, 6.07) is 5.17. The number of rotatable bonds is 2. The van der Waals surface area contributed by atoms with Crippen molar-refractivity contribution in [1.29, 1.82) is 0 Å². The molecule has 2 saturated heterocycles. The molecule has 0 aliphatic carbocycles. The smallest absolute Gasteiger partial charge is 0.254 e. The van der Waals surface area contributed by atoms with Gasteiger partial charge in [0, 0.05) is 50.9 Å². The van der Waals surface area contributed by atoms with Gasteiger partial charge in [-0.3, -0.25) is 9.69 Å². The highest BCUT2D eigenvalue weighted by Gasteiger charge is 2.29. The first-order valence-corrected chi connectivity index (χ1v) is 7.63. The van der Waals surface area contributed by atoms with Gasteiger partial charge in [-0.1, -0.05) is 0 Å². The van der Waals surface area contributed by atoms with Gasteiger partial charge >= 0.3 is 0 Å². The summed E-state index contributed by atoms with van der Waals surface area (Å²) < 4.78 is 13.9. The minimum Gasteiger partial charge on any atom is -0.336 e. The maximum Gasteiger partial charge on any atom is 0.254 e. The second kappa shape index (κ2) is 5.79. The number of nitrogens with zero attached hydrogens (tertiary/aromatic N) is 2. The summed E-state index contributed by atoms with van der Waals surface area (Å²) in [5, 5.41) is 3.26. The van der Waals surface area contributed by atoms with Crippen molar-refractivity contribution in [2.45, 2.75) is 6.04 Å². The fourth-order valence-corrected chi connectivity index (χ4v) is 2.88. The number of nitrogens with one attached hydrogen (secondary N) is 1. The molecule has 2 heterocycles. The number of carbonyl (C=O) groups is 1. The van der Waals surface area contributed by atoms with Crippen molar-refractivity contribution in [3.05, 3.63) is 34.1 Å². The second-order valence-corrected chi connectivity index (χ2v) is 6.12. The summed E-state index contributed by atoms with van der Waals surface area (Å²) in [5.74, 6) is -0.474. The number of carbonyl (C=O) groups excluding carboxylic acids is 1. The van der Waals surface area contributed by atoms with Crippen LogP contribution in [0.3, 0.4) is 0 Å². The molecule has 0 atom stereocenters. The van der Waals surface area contributed by atoms with Crippen LogP contribution in [-0.4, -0.2) is 61.0 Å². The SMILES string of the molecule is O=C(c1ccc(Br)c(F)c1)N1CCN(C2CNC2)CC1. The maximum atomic E-state index is 13.5. The number of benzene rings is 1. The van der Waals surface area contributed by atoms with E-state index in [0.29, 0.717) is 29.2 Å². The van der Waals surface area contributed by atoms with Crippen LogP contribution < -0.4 is 5.32 Å². The molecule has 1 aromatic rings. The van der Waals surface area contributed by atoms with Gasteiger partial charge in [0.05, 0.1) is 4.47 Å². The molecule has 0 unspecified atom stereocenters. The molecule has 6 heteroatoms. The summed E-state index contributed by atoms with van der Waals surface area (Å²) in [7, 11) is 0. The van der Waals surface area contributed by atoms with Gasteiger partial charge in [0.2, 0.25) is 0 Å². The minimum atomic E-state index is -0.393. The molecule has 4 nitrogen and oxygen atoms in total. The lowest BCUT2D eigenvalue weighted by atomic mass is 10.1. The van der Waals surface area contributed by atoms with E-state index in [1.807, 2.05) is 4.90 Å². The maximum absolute atomic E-state index is 13.5. The Labute approximate surface area is 126 Å². The van der Waals surface area contributed by atoms with Crippen molar-refractivity contribution < 1.29 is 9.18 Å². The van der Waals surface area contributed by atoms with E-state index >= 15 is 0 Å². The average molecular weight is 342 g/mol. The van der Waals surface area contributed by atoms with E-state index < -0.39 is 5.82 Å². The van der Waals surface area contributed by atoms with Crippen molar-refractivity contribution >= 4 is 21.8 Å². The number of halogens is 2. The van der Waals surface area contributed by atoms with E-state index in [2.05, 4.69) is 26.1 Å². The van der Waals surface area contributed by atoms with Crippen LogP contribution in [0, 0.1) is 5.82 Å². The van der Waals surface area contributed by atoms with Crippen LogP contribution in [0.25, 0.3) is 0 Å². The predicted octanol–water partition coefficient (Wildman–Crippen LogP) is 1.32. The highest BCUT2D eigenvalue weighted by atomic mass is 79.9. The molecule has 20 heavy (non-hydrogen) atoms.